The number of aromatic nitrogens is 1. The maximum atomic E-state index is 12.2. The van der Waals surface area contributed by atoms with Gasteiger partial charge in [0, 0.05) is 18.7 Å². The van der Waals surface area contributed by atoms with Crippen molar-refractivity contribution < 1.29 is 4.79 Å². The van der Waals surface area contributed by atoms with Gasteiger partial charge in [0.25, 0.3) is 0 Å². The highest BCUT2D eigenvalue weighted by molar-refractivity contribution is 5.76. The monoisotopic (exact) mass is 249 g/mol. The van der Waals surface area contributed by atoms with Gasteiger partial charge in [0.05, 0.1) is 12.2 Å². The van der Waals surface area contributed by atoms with Gasteiger partial charge in [-0.05, 0) is 38.4 Å². The molecule has 1 atom stereocenters. The van der Waals surface area contributed by atoms with Crippen molar-refractivity contribution in [3.8, 4) is 0 Å². The molecule has 100 valence electrons. The second-order valence-electron chi connectivity index (χ2n) is 4.98. The van der Waals surface area contributed by atoms with Gasteiger partial charge in [-0.15, -0.1) is 0 Å². The zero-order valence-electron chi connectivity index (χ0n) is 11.5. The number of hydrogen-bond acceptors (Lipinski definition) is 3. The van der Waals surface area contributed by atoms with Crippen molar-refractivity contribution in [3.63, 3.8) is 0 Å². The zero-order chi connectivity index (χ0) is 13.5. The van der Waals surface area contributed by atoms with E-state index in [4.69, 9.17) is 5.73 Å². The molecule has 0 aromatic carbocycles. The van der Waals surface area contributed by atoms with Crippen molar-refractivity contribution in [2.75, 3.05) is 6.54 Å². The number of carbonyl (C=O) groups excluding carboxylic acids is 1. The van der Waals surface area contributed by atoms with E-state index in [9.17, 15) is 4.79 Å². The Morgan fingerprint density at radius 3 is 2.61 bits per heavy atom. The van der Waals surface area contributed by atoms with Crippen molar-refractivity contribution in [3.05, 3.63) is 30.1 Å². The molecule has 1 heterocycles. The zero-order valence-corrected chi connectivity index (χ0v) is 11.5. The fourth-order valence-electron chi connectivity index (χ4n) is 1.72. The number of nitrogens with zero attached hydrogens (tertiary/aromatic N) is 2. The summed E-state index contributed by atoms with van der Waals surface area (Å²) in [5, 5.41) is 0. The number of nitrogens with two attached hydrogens (primary N) is 1. The summed E-state index contributed by atoms with van der Waals surface area (Å²) in [6, 6.07) is 5.93. The third kappa shape index (κ3) is 4.45. The quantitative estimate of drug-likeness (QED) is 0.836. The predicted molar refractivity (Wildman–Crippen MR) is 72.8 cm³/mol. The highest BCUT2D eigenvalue weighted by Crippen LogP contribution is 2.11. The lowest BCUT2D eigenvalue weighted by Crippen LogP contribution is -2.38. The summed E-state index contributed by atoms with van der Waals surface area (Å²) in [4.78, 5) is 18.3. The average molecular weight is 249 g/mol. The largest absolute Gasteiger partial charge is 0.334 e. The molecule has 0 aliphatic heterocycles. The van der Waals surface area contributed by atoms with Gasteiger partial charge in [0.2, 0.25) is 5.91 Å². The van der Waals surface area contributed by atoms with E-state index in [1.165, 1.54) is 0 Å². The topological polar surface area (TPSA) is 59.2 Å². The third-order valence-corrected chi connectivity index (χ3v) is 2.93. The van der Waals surface area contributed by atoms with E-state index in [1.54, 1.807) is 6.20 Å². The first-order valence-electron chi connectivity index (χ1n) is 6.44. The summed E-state index contributed by atoms with van der Waals surface area (Å²) < 4.78 is 0. The average Bonchev–Trinajstić information content (AvgIpc) is 2.36. The van der Waals surface area contributed by atoms with Gasteiger partial charge in [-0.3, -0.25) is 9.78 Å². The highest BCUT2D eigenvalue weighted by atomic mass is 16.2. The molecular formula is C14H23N3O. The van der Waals surface area contributed by atoms with E-state index in [1.807, 2.05) is 43.9 Å². The van der Waals surface area contributed by atoms with Gasteiger partial charge in [0.1, 0.15) is 0 Å². The maximum absolute atomic E-state index is 12.2. The van der Waals surface area contributed by atoms with Crippen LogP contribution in [0, 0.1) is 5.92 Å². The molecule has 1 aromatic heterocycles. The van der Waals surface area contributed by atoms with Gasteiger partial charge in [-0.2, -0.15) is 0 Å². The molecule has 0 radical (unpaired) electrons. The summed E-state index contributed by atoms with van der Waals surface area (Å²) in [7, 11) is 0. The van der Waals surface area contributed by atoms with Crippen molar-refractivity contribution in [2.45, 2.75) is 39.8 Å². The molecule has 1 aromatic rings. The van der Waals surface area contributed by atoms with Crippen LogP contribution < -0.4 is 5.73 Å². The minimum atomic E-state index is 0.147. The summed E-state index contributed by atoms with van der Waals surface area (Å²) in [5.74, 6) is 0.371. The van der Waals surface area contributed by atoms with Crippen molar-refractivity contribution in [1.82, 2.24) is 9.88 Å². The molecule has 0 spiro atoms. The Balaban J connectivity index is 2.68. The Kier molecular flexibility index (Phi) is 5.78. The predicted octanol–water partition coefficient (Wildman–Crippen LogP) is 1.80. The molecule has 1 unspecified atom stereocenters. The van der Waals surface area contributed by atoms with Gasteiger partial charge in [-0.25, -0.2) is 0 Å². The van der Waals surface area contributed by atoms with Crippen LogP contribution in [0.4, 0.5) is 0 Å². The van der Waals surface area contributed by atoms with Crippen LogP contribution in [0.2, 0.25) is 0 Å². The summed E-state index contributed by atoms with van der Waals surface area (Å²) in [6.45, 7) is 7.15. The van der Waals surface area contributed by atoms with Crippen LogP contribution in [0.15, 0.2) is 24.4 Å². The smallest absolute Gasteiger partial charge is 0.223 e. The second-order valence-corrected chi connectivity index (χ2v) is 4.98. The summed E-state index contributed by atoms with van der Waals surface area (Å²) in [6.07, 6.45) is 2.25. The number of pyridine rings is 1. The third-order valence-electron chi connectivity index (χ3n) is 2.93. The highest BCUT2D eigenvalue weighted by Gasteiger charge is 2.19. The van der Waals surface area contributed by atoms with Gasteiger partial charge in [0.15, 0.2) is 0 Å². The standard InChI is InChI=1S/C14H23N3O/c1-11(2)17(14(18)8-12(3)9-15)10-13-6-4-5-7-16-13/h4-7,11-12H,8-10,15H2,1-3H3. The van der Waals surface area contributed by atoms with E-state index in [-0.39, 0.29) is 17.9 Å². The first kappa shape index (κ1) is 14.6. The first-order valence-corrected chi connectivity index (χ1v) is 6.44. The molecule has 0 aliphatic carbocycles. The Morgan fingerprint density at radius 1 is 1.39 bits per heavy atom. The lowest BCUT2D eigenvalue weighted by Gasteiger charge is -2.27. The van der Waals surface area contributed by atoms with Crippen molar-refractivity contribution in [2.24, 2.45) is 11.7 Å². The minimum absolute atomic E-state index is 0.147. The summed E-state index contributed by atoms with van der Waals surface area (Å²) >= 11 is 0. The molecule has 0 fully saturated rings. The molecule has 1 amide bonds. The van der Waals surface area contributed by atoms with Crippen molar-refractivity contribution in [1.29, 1.82) is 0 Å². The molecule has 0 saturated carbocycles. The van der Waals surface area contributed by atoms with Crippen LogP contribution in [-0.4, -0.2) is 28.4 Å². The number of rotatable bonds is 6. The van der Waals surface area contributed by atoms with Crippen LogP contribution >= 0.6 is 0 Å². The van der Waals surface area contributed by atoms with Crippen LogP contribution in [0.1, 0.15) is 32.9 Å². The van der Waals surface area contributed by atoms with Crippen LogP contribution in [0.25, 0.3) is 0 Å². The number of amides is 1. The molecule has 2 N–H and O–H groups in total. The first-order chi connectivity index (χ1) is 8.54. The normalized spacial score (nSPS) is 12.5. The fraction of sp³-hybridized carbons (Fsp3) is 0.571. The minimum Gasteiger partial charge on any atom is -0.334 e. The van der Waals surface area contributed by atoms with Crippen molar-refractivity contribution >= 4 is 5.91 Å². The fourth-order valence-corrected chi connectivity index (χ4v) is 1.72. The maximum Gasteiger partial charge on any atom is 0.223 e. The van der Waals surface area contributed by atoms with Gasteiger partial charge < -0.3 is 10.6 Å². The lowest BCUT2D eigenvalue weighted by atomic mass is 10.1. The van der Waals surface area contributed by atoms with Gasteiger partial charge in [-0.1, -0.05) is 13.0 Å². The molecule has 4 heteroatoms. The van der Waals surface area contributed by atoms with E-state index in [0.29, 0.717) is 19.5 Å². The molecule has 0 aliphatic rings. The van der Waals surface area contributed by atoms with E-state index >= 15 is 0 Å². The Labute approximate surface area is 109 Å². The molecule has 0 bridgehead atoms. The SMILES string of the molecule is CC(CN)CC(=O)N(Cc1ccccn1)C(C)C. The van der Waals surface area contributed by atoms with Gasteiger partial charge >= 0.3 is 0 Å². The molecule has 1 rings (SSSR count). The second kappa shape index (κ2) is 7.11. The Hall–Kier alpha value is -1.42. The lowest BCUT2D eigenvalue weighted by molar-refractivity contribution is -0.134. The Morgan fingerprint density at radius 2 is 2.11 bits per heavy atom. The summed E-state index contributed by atoms with van der Waals surface area (Å²) in [5.41, 5.74) is 6.48. The molecule has 4 nitrogen and oxygen atoms in total. The van der Waals surface area contributed by atoms with Crippen LogP contribution in [0.5, 0.6) is 0 Å². The van der Waals surface area contributed by atoms with E-state index in [2.05, 4.69) is 4.98 Å². The number of carbonyl (C=O) groups is 1. The van der Waals surface area contributed by atoms with E-state index in [0.717, 1.165) is 5.69 Å². The van der Waals surface area contributed by atoms with E-state index < -0.39 is 0 Å². The van der Waals surface area contributed by atoms with Crippen LogP contribution in [0.3, 0.4) is 0 Å². The molecular weight excluding hydrogens is 226 g/mol. The molecule has 0 saturated heterocycles. The molecule has 18 heavy (non-hydrogen) atoms. The Bertz CT molecular complexity index is 365. The number of hydrogen-bond donors (Lipinski definition) is 1. The van der Waals surface area contributed by atoms with Crippen LogP contribution in [-0.2, 0) is 11.3 Å².